The zero-order valence-corrected chi connectivity index (χ0v) is 10.9. The number of hydrogen-bond acceptors (Lipinski definition) is 3. The summed E-state index contributed by atoms with van der Waals surface area (Å²) in [5.41, 5.74) is 6.79. The summed E-state index contributed by atoms with van der Waals surface area (Å²) >= 11 is 0. The van der Waals surface area contributed by atoms with Gasteiger partial charge < -0.3 is 15.2 Å². The molecule has 0 bridgehead atoms. The zero-order valence-electron chi connectivity index (χ0n) is 10.9. The quantitative estimate of drug-likeness (QED) is 0.630. The van der Waals surface area contributed by atoms with Crippen LogP contribution in [0.1, 0.15) is 19.4 Å². The van der Waals surface area contributed by atoms with E-state index in [1.165, 1.54) is 0 Å². The standard InChI is InChI=1S/C13H20N2O2/c1-9(2)13(14)15-8-10-5-6-11(16-3)7-12(10)17-4/h5-7,9H,8H2,1-4H3,(H2,14,15). The molecule has 0 spiro atoms. The Balaban J connectivity index is 2.87. The molecule has 4 nitrogen and oxygen atoms in total. The predicted octanol–water partition coefficient (Wildman–Crippen LogP) is 2.22. The smallest absolute Gasteiger partial charge is 0.127 e. The van der Waals surface area contributed by atoms with Crippen LogP contribution < -0.4 is 15.2 Å². The minimum Gasteiger partial charge on any atom is -0.497 e. The van der Waals surface area contributed by atoms with E-state index in [-0.39, 0.29) is 5.92 Å². The van der Waals surface area contributed by atoms with Crippen molar-refractivity contribution in [1.29, 1.82) is 0 Å². The molecule has 0 amide bonds. The molecule has 2 N–H and O–H groups in total. The van der Waals surface area contributed by atoms with Gasteiger partial charge in [0.2, 0.25) is 0 Å². The van der Waals surface area contributed by atoms with E-state index < -0.39 is 0 Å². The van der Waals surface area contributed by atoms with Crippen molar-refractivity contribution in [3.05, 3.63) is 23.8 Å². The monoisotopic (exact) mass is 236 g/mol. The Bertz CT molecular complexity index is 400. The molecule has 1 rings (SSSR count). The highest BCUT2D eigenvalue weighted by Crippen LogP contribution is 2.25. The van der Waals surface area contributed by atoms with Gasteiger partial charge >= 0.3 is 0 Å². The lowest BCUT2D eigenvalue weighted by atomic mass is 10.1. The summed E-state index contributed by atoms with van der Waals surface area (Å²) in [4.78, 5) is 4.33. The van der Waals surface area contributed by atoms with Gasteiger partial charge in [-0.25, -0.2) is 0 Å². The van der Waals surface area contributed by atoms with E-state index in [1.54, 1.807) is 14.2 Å². The number of hydrogen-bond donors (Lipinski definition) is 1. The number of nitrogens with two attached hydrogens (primary N) is 1. The van der Waals surface area contributed by atoms with Crippen molar-refractivity contribution in [1.82, 2.24) is 0 Å². The molecule has 94 valence electrons. The molecule has 1 aromatic carbocycles. The van der Waals surface area contributed by atoms with E-state index in [2.05, 4.69) is 4.99 Å². The van der Waals surface area contributed by atoms with Gasteiger partial charge in [0.15, 0.2) is 0 Å². The van der Waals surface area contributed by atoms with Gasteiger partial charge in [0.05, 0.1) is 26.6 Å². The second-order valence-electron chi connectivity index (χ2n) is 4.07. The number of rotatable bonds is 5. The topological polar surface area (TPSA) is 56.8 Å². The summed E-state index contributed by atoms with van der Waals surface area (Å²) in [6.07, 6.45) is 0. The molecule has 0 aliphatic carbocycles. The molecule has 0 aliphatic rings. The van der Waals surface area contributed by atoms with E-state index in [0.717, 1.165) is 17.1 Å². The first-order valence-corrected chi connectivity index (χ1v) is 5.59. The third-order valence-corrected chi connectivity index (χ3v) is 2.52. The maximum absolute atomic E-state index is 5.80. The molecule has 0 aromatic heterocycles. The third kappa shape index (κ3) is 3.66. The first-order valence-electron chi connectivity index (χ1n) is 5.59. The summed E-state index contributed by atoms with van der Waals surface area (Å²) in [6, 6.07) is 5.67. The van der Waals surface area contributed by atoms with Gasteiger partial charge in [-0.2, -0.15) is 0 Å². The first kappa shape index (κ1) is 13.4. The fourth-order valence-electron chi connectivity index (χ4n) is 1.34. The highest BCUT2D eigenvalue weighted by molar-refractivity contribution is 5.82. The average molecular weight is 236 g/mol. The largest absolute Gasteiger partial charge is 0.497 e. The van der Waals surface area contributed by atoms with Gasteiger partial charge in [0.25, 0.3) is 0 Å². The van der Waals surface area contributed by atoms with Gasteiger partial charge in [-0.3, -0.25) is 4.99 Å². The fourth-order valence-corrected chi connectivity index (χ4v) is 1.34. The lowest BCUT2D eigenvalue weighted by Crippen LogP contribution is -2.18. The summed E-state index contributed by atoms with van der Waals surface area (Å²) < 4.78 is 10.4. The van der Waals surface area contributed by atoms with E-state index in [0.29, 0.717) is 12.4 Å². The van der Waals surface area contributed by atoms with Crippen LogP contribution in [0.5, 0.6) is 11.5 Å². The summed E-state index contributed by atoms with van der Waals surface area (Å²) in [6.45, 7) is 4.56. The molecule has 0 fully saturated rings. The van der Waals surface area contributed by atoms with Crippen LogP contribution in [0.2, 0.25) is 0 Å². The summed E-state index contributed by atoms with van der Waals surface area (Å²) in [5.74, 6) is 2.46. The van der Waals surface area contributed by atoms with Crippen molar-refractivity contribution in [2.75, 3.05) is 14.2 Å². The van der Waals surface area contributed by atoms with Crippen molar-refractivity contribution < 1.29 is 9.47 Å². The second-order valence-corrected chi connectivity index (χ2v) is 4.07. The van der Waals surface area contributed by atoms with Gasteiger partial charge in [0, 0.05) is 17.5 Å². The van der Waals surface area contributed by atoms with Crippen LogP contribution in [0.15, 0.2) is 23.2 Å². The molecular formula is C13H20N2O2. The Morgan fingerprint density at radius 1 is 1.29 bits per heavy atom. The van der Waals surface area contributed by atoms with Crippen LogP contribution in [0.3, 0.4) is 0 Å². The van der Waals surface area contributed by atoms with Gasteiger partial charge in [-0.15, -0.1) is 0 Å². The van der Waals surface area contributed by atoms with E-state index in [1.807, 2.05) is 32.0 Å². The number of benzene rings is 1. The van der Waals surface area contributed by atoms with Crippen molar-refractivity contribution in [2.45, 2.75) is 20.4 Å². The molecule has 17 heavy (non-hydrogen) atoms. The zero-order chi connectivity index (χ0) is 12.8. The number of methoxy groups -OCH3 is 2. The number of amidine groups is 1. The normalized spacial score (nSPS) is 11.7. The lowest BCUT2D eigenvalue weighted by molar-refractivity contribution is 0.391. The average Bonchev–Trinajstić information content (AvgIpc) is 2.35. The van der Waals surface area contributed by atoms with Crippen LogP contribution in [0.25, 0.3) is 0 Å². The van der Waals surface area contributed by atoms with Gasteiger partial charge in [0.1, 0.15) is 11.5 Å². The minimum atomic E-state index is 0.263. The van der Waals surface area contributed by atoms with E-state index >= 15 is 0 Å². The lowest BCUT2D eigenvalue weighted by Gasteiger charge is -2.09. The van der Waals surface area contributed by atoms with Crippen molar-refractivity contribution in [2.24, 2.45) is 16.6 Å². The molecular weight excluding hydrogens is 216 g/mol. The predicted molar refractivity (Wildman–Crippen MR) is 69.7 cm³/mol. The van der Waals surface area contributed by atoms with Crippen LogP contribution >= 0.6 is 0 Å². The molecule has 0 aliphatic heterocycles. The molecule has 0 unspecified atom stereocenters. The minimum absolute atomic E-state index is 0.263. The SMILES string of the molecule is COc1ccc(CN=C(N)C(C)C)c(OC)c1. The molecule has 0 heterocycles. The summed E-state index contributed by atoms with van der Waals surface area (Å²) in [5, 5.41) is 0. The maximum atomic E-state index is 5.80. The number of ether oxygens (including phenoxy) is 2. The Hall–Kier alpha value is -1.71. The Morgan fingerprint density at radius 2 is 2.00 bits per heavy atom. The van der Waals surface area contributed by atoms with Gasteiger partial charge in [-0.1, -0.05) is 13.8 Å². The Kier molecular flexibility index (Phi) is 4.82. The molecule has 0 saturated carbocycles. The molecule has 1 aromatic rings. The second kappa shape index (κ2) is 6.13. The van der Waals surface area contributed by atoms with Crippen LogP contribution in [-0.2, 0) is 6.54 Å². The van der Waals surface area contributed by atoms with Crippen molar-refractivity contribution in [3.8, 4) is 11.5 Å². The van der Waals surface area contributed by atoms with E-state index in [9.17, 15) is 0 Å². The Morgan fingerprint density at radius 3 is 2.53 bits per heavy atom. The number of nitrogens with zero attached hydrogens (tertiary/aromatic N) is 1. The molecule has 4 heteroatoms. The summed E-state index contributed by atoms with van der Waals surface area (Å²) in [7, 11) is 3.26. The maximum Gasteiger partial charge on any atom is 0.127 e. The van der Waals surface area contributed by atoms with Crippen LogP contribution in [0.4, 0.5) is 0 Å². The highest BCUT2D eigenvalue weighted by Gasteiger charge is 2.05. The molecule has 0 atom stereocenters. The molecule has 0 radical (unpaired) electrons. The number of aliphatic imine (C=N–C) groups is 1. The van der Waals surface area contributed by atoms with Crippen molar-refractivity contribution in [3.63, 3.8) is 0 Å². The highest BCUT2D eigenvalue weighted by atomic mass is 16.5. The van der Waals surface area contributed by atoms with Crippen LogP contribution in [0, 0.1) is 5.92 Å². The fraction of sp³-hybridized carbons (Fsp3) is 0.462. The van der Waals surface area contributed by atoms with Crippen molar-refractivity contribution >= 4 is 5.84 Å². The van der Waals surface area contributed by atoms with Crippen LogP contribution in [-0.4, -0.2) is 20.1 Å². The van der Waals surface area contributed by atoms with Gasteiger partial charge in [-0.05, 0) is 12.1 Å². The van der Waals surface area contributed by atoms with E-state index in [4.69, 9.17) is 15.2 Å². The molecule has 0 saturated heterocycles. The first-order chi connectivity index (χ1) is 8.08. The Labute approximate surface area is 102 Å². The third-order valence-electron chi connectivity index (χ3n) is 2.52.